The van der Waals surface area contributed by atoms with Gasteiger partial charge in [-0.05, 0) is 46.0 Å². The Hall–Kier alpha value is -0.790. The van der Waals surface area contributed by atoms with Crippen molar-refractivity contribution in [3.05, 3.63) is 11.1 Å². The third-order valence-electron chi connectivity index (χ3n) is 4.11. The van der Waals surface area contributed by atoms with Gasteiger partial charge in [-0.2, -0.15) is 0 Å². The number of rotatable bonds is 13. The Morgan fingerprint density at radius 2 is 1.10 bits per heavy atom. The lowest BCUT2D eigenvalue weighted by molar-refractivity contribution is -0.118. The van der Waals surface area contributed by atoms with Gasteiger partial charge in [0.2, 0.25) is 5.91 Å². The van der Waals surface area contributed by atoms with Crippen molar-refractivity contribution in [3.63, 3.8) is 0 Å². The summed E-state index contributed by atoms with van der Waals surface area (Å²) in [5.74, 6) is -0.164. The molecule has 0 heterocycles. The highest BCUT2D eigenvalue weighted by Crippen LogP contribution is 2.18. The third-order valence-corrected chi connectivity index (χ3v) is 4.11. The minimum atomic E-state index is -0.164. The topological polar surface area (TPSA) is 43.1 Å². The Bertz CT molecular complexity index is 281. The molecule has 2 nitrogen and oxygen atoms in total. The van der Waals surface area contributed by atoms with Crippen LogP contribution in [0.25, 0.3) is 0 Å². The van der Waals surface area contributed by atoms with Crippen molar-refractivity contribution in [1.82, 2.24) is 0 Å². The van der Waals surface area contributed by atoms with Crippen molar-refractivity contribution in [1.29, 1.82) is 0 Å². The number of primary amides is 1. The van der Waals surface area contributed by atoms with Crippen LogP contribution in [0, 0.1) is 0 Å². The molecule has 1 amide bonds. The van der Waals surface area contributed by atoms with Crippen molar-refractivity contribution < 1.29 is 4.79 Å². The number of carbonyl (C=O) groups excluding carboxylic acids is 1. The van der Waals surface area contributed by atoms with Crippen molar-refractivity contribution >= 4 is 5.91 Å². The summed E-state index contributed by atoms with van der Waals surface area (Å²) in [6.45, 7) is 6.85. The molecule has 2 N–H and O–H groups in total. The van der Waals surface area contributed by atoms with E-state index in [2.05, 4.69) is 20.8 Å². The van der Waals surface area contributed by atoms with E-state index in [1.165, 1.54) is 57.8 Å². The third kappa shape index (κ3) is 12.3. The van der Waals surface area contributed by atoms with Crippen LogP contribution in [-0.4, -0.2) is 5.91 Å². The molecule has 0 atom stereocenters. The molecule has 0 fully saturated rings. The summed E-state index contributed by atoms with van der Waals surface area (Å²) in [6.07, 6.45) is 14.4. The van der Waals surface area contributed by atoms with E-state index in [1.807, 2.05) is 0 Å². The lowest BCUT2D eigenvalue weighted by atomic mass is 9.99. The number of hydrogen-bond acceptors (Lipinski definition) is 1. The van der Waals surface area contributed by atoms with Gasteiger partial charge < -0.3 is 5.73 Å². The molecule has 0 bridgehead atoms. The second-order valence-corrected chi connectivity index (χ2v) is 6.11. The molecule has 0 aliphatic heterocycles. The van der Waals surface area contributed by atoms with Crippen LogP contribution in [0.2, 0.25) is 0 Å². The molecule has 0 unspecified atom stereocenters. The summed E-state index contributed by atoms with van der Waals surface area (Å²) < 4.78 is 0. The molecule has 0 radical (unpaired) electrons. The molecule has 2 heteroatoms. The quantitative estimate of drug-likeness (QED) is 0.351. The maximum atomic E-state index is 10.6. The number of carbonyl (C=O) groups is 1. The van der Waals surface area contributed by atoms with Crippen LogP contribution in [0.15, 0.2) is 11.1 Å². The second-order valence-electron chi connectivity index (χ2n) is 6.11. The highest BCUT2D eigenvalue weighted by molar-refractivity contribution is 5.73. The summed E-state index contributed by atoms with van der Waals surface area (Å²) in [5, 5.41) is 0. The fraction of sp³-hybridized carbons (Fsp3) is 0.833. The second kappa shape index (κ2) is 13.2. The van der Waals surface area contributed by atoms with Gasteiger partial charge in [0, 0.05) is 6.42 Å². The Morgan fingerprint density at radius 1 is 0.700 bits per heavy atom. The normalized spacial score (nSPS) is 12.3. The van der Waals surface area contributed by atoms with E-state index in [1.54, 1.807) is 11.1 Å². The van der Waals surface area contributed by atoms with E-state index < -0.39 is 0 Å². The molecule has 20 heavy (non-hydrogen) atoms. The van der Waals surface area contributed by atoms with Gasteiger partial charge in [-0.15, -0.1) is 0 Å². The van der Waals surface area contributed by atoms with Crippen LogP contribution < -0.4 is 5.73 Å². The van der Waals surface area contributed by atoms with E-state index >= 15 is 0 Å². The van der Waals surface area contributed by atoms with E-state index in [-0.39, 0.29) is 5.91 Å². The van der Waals surface area contributed by atoms with Crippen molar-refractivity contribution in [2.24, 2.45) is 5.73 Å². The summed E-state index contributed by atoms with van der Waals surface area (Å²) in [6, 6.07) is 0. The zero-order chi connectivity index (χ0) is 15.2. The minimum Gasteiger partial charge on any atom is -0.370 e. The number of unbranched alkanes of at least 4 members (excludes halogenated alkanes) is 7. The maximum absolute atomic E-state index is 10.6. The maximum Gasteiger partial charge on any atom is 0.217 e. The van der Waals surface area contributed by atoms with Gasteiger partial charge in [0.1, 0.15) is 0 Å². The van der Waals surface area contributed by atoms with E-state index in [0.29, 0.717) is 6.42 Å². The number of hydrogen-bond donors (Lipinski definition) is 1. The van der Waals surface area contributed by atoms with E-state index in [4.69, 9.17) is 5.73 Å². The predicted molar refractivity (Wildman–Crippen MR) is 88.6 cm³/mol. The Labute approximate surface area is 126 Å². The summed E-state index contributed by atoms with van der Waals surface area (Å²) in [5.41, 5.74) is 8.32. The van der Waals surface area contributed by atoms with Crippen LogP contribution in [0.3, 0.4) is 0 Å². The first-order chi connectivity index (χ1) is 9.57. The number of amides is 1. The highest BCUT2D eigenvalue weighted by atomic mass is 16.1. The summed E-state index contributed by atoms with van der Waals surface area (Å²) in [4.78, 5) is 10.6. The molecule has 0 aromatic carbocycles. The first-order valence-corrected chi connectivity index (χ1v) is 8.51. The van der Waals surface area contributed by atoms with Gasteiger partial charge in [-0.1, -0.05) is 56.6 Å². The lowest BCUT2D eigenvalue weighted by Gasteiger charge is -2.08. The Kier molecular flexibility index (Phi) is 12.7. The Morgan fingerprint density at radius 3 is 1.55 bits per heavy atom. The standard InChI is InChI=1S/C18H35NO/c1-4-5-6-10-13-16(2)17(3)14-11-8-7-9-12-15-18(19)20/h4-15H2,1-3H3,(H2,19,20)/b17-16-. The zero-order valence-electron chi connectivity index (χ0n) is 14.0. The molecule has 0 aliphatic rings. The monoisotopic (exact) mass is 281 g/mol. The zero-order valence-corrected chi connectivity index (χ0v) is 14.0. The van der Waals surface area contributed by atoms with Crippen LogP contribution in [0.5, 0.6) is 0 Å². The predicted octanol–water partition coefficient (Wildman–Crippen LogP) is 5.51. The first kappa shape index (κ1) is 19.2. The van der Waals surface area contributed by atoms with Crippen LogP contribution >= 0.6 is 0 Å². The van der Waals surface area contributed by atoms with E-state index in [0.717, 1.165) is 12.8 Å². The van der Waals surface area contributed by atoms with Gasteiger partial charge in [-0.25, -0.2) is 0 Å². The molecular weight excluding hydrogens is 246 g/mol. The minimum absolute atomic E-state index is 0.164. The van der Waals surface area contributed by atoms with Crippen molar-refractivity contribution in [2.75, 3.05) is 0 Å². The highest BCUT2D eigenvalue weighted by Gasteiger charge is 1.99. The molecule has 0 aromatic heterocycles. The van der Waals surface area contributed by atoms with Gasteiger partial charge >= 0.3 is 0 Å². The molecule has 0 saturated carbocycles. The van der Waals surface area contributed by atoms with Crippen LogP contribution in [0.4, 0.5) is 0 Å². The lowest BCUT2D eigenvalue weighted by Crippen LogP contribution is -2.09. The molecule has 0 aliphatic carbocycles. The van der Waals surface area contributed by atoms with Gasteiger partial charge in [0.05, 0.1) is 0 Å². The summed E-state index contributed by atoms with van der Waals surface area (Å²) >= 11 is 0. The molecule has 0 aromatic rings. The average molecular weight is 281 g/mol. The van der Waals surface area contributed by atoms with Crippen molar-refractivity contribution in [2.45, 2.75) is 97.8 Å². The Balaban J connectivity index is 3.54. The largest absolute Gasteiger partial charge is 0.370 e. The molecule has 0 saturated heterocycles. The fourth-order valence-corrected chi connectivity index (χ4v) is 2.46. The van der Waals surface area contributed by atoms with Crippen molar-refractivity contribution in [3.8, 4) is 0 Å². The molecule has 118 valence electrons. The van der Waals surface area contributed by atoms with Crippen LogP contribution in [-0.2, 0) is 4.79 Å². The van der Waals surface area contributed by atoms with Crippen LogP contribution in [0.1, 0.15) is 97.8 Å². The fourth-order valence-electron chi connectivity index (χ4n) is 2.46. The first-order valence-electron chi connectivity index (χ1n) is 8.51. The van der Waals surface area contributed by atoms with E-state index in [9.17, 15) is 4.79 Å². The molecule has 0 spiro atoms. The van der Waals surface area contributed by atoms with Gasteiger partial charge in [-0.3, -0.25) is 4.79 Å². The van der Waals surface area contributed by atoms with Gasteiger partial charge in [0.15, 0.2) is 0 Å². The average Bonchev–Trinajstić information content (AvgIpc) is 2.41. The smallest absolute Gasteiger partial charge is 0.217 e. The summed E-state index contributed by atoms with van der Waals surface area (Å²) in [7, 11) is 0. The SMILES string of the molecule is CCCCCC/C(C)=C(/C)CCCCCCCC(N)=O. The number of nitrogens with two attached hydrogens (primary N) is 1. The molecule has 0 rings (SSSR count). The number of allylic oxidation sites excluding steroid dienone is 2. The van der Waals surface area contributed by atoms with Gasteiger partial charge in [0.25, 0.3) is 0 Å². The molecular formula is C18H35NO.